The van der Waals surface area contributed by atoms with Crippen LogP contribution < -0.4 is 0 Å². The maximum Gasteiger partial charge on any atom is 0.404 e. The van der Waals surface area contributed by atoms with Crippen molar-refractivity contribution in [3.05, 3.63) is 66.8 Å². The Kier molecular flexibility index (Phi) is 9.55. The molecule has 0 N–H and O–H groups in total. The molecule has 6 atom stereocenters. The van der Waals surface area contributed by atoms with Gasteiger partial charge in [0.1, 0.15) is 17.2 Å². The van der Waals surface area contributed by atoms with E-state index in [1.807, 2.05) is 0 Å². The first kappa shape index (κ1) is 31.6. The monoisotopic (exact) mass is 683 g/mol. The average molecular weight is 686 g/mol. The number of halogens is 8. The quantitative estimate of drug-likeness (QED) is 0.173. The van der Waals surface area contributed by atoms with Crippen LogP contribution in [0.3, 0.4) is 0 Å². The summed E-state index contributed by atoms with van der Waals surface area (Å²) in [6.45, 7) is 6.33. The highest BCUT2D eigenvalue weighted by Gasteiger charge is 2.67. The summed E-state index contributed by atoms with van der Waals surface area (Å²) < 4.78 is 65.5. The van der Waals surface area contributed by atoms with E-state index in [-0.39, 0.29) is 49.1 Å². The van der Waals surface area contributed by atoms with Gasteiger partial charge in [-0.15, -0.1) is 0 Å². The van der Waals surface area contributed by atoms with E-state index in [2.05, 4.69) is 41.7 Å². The number of benzene rings is 2. The van der Waals surface area contributed by atoms with Crippen molar-refractivity contribution in [1.82, 2.24) is 0 Å². The van der Waals surface area contributed by atoms with Crippen LogP contribution in [0, 0.1) is 35.4 Å². The van der Waals surface area contributed by atoms with Crippen LogP contribution in [0.25, 0.3) is 0 Å². The van der Waals surface area contributed by atoms with Crippen LogP contribution in [0.2, 0.25) is 15.1 Å². The molecule has 1 aliphatic heterocycles. The molecule has 1 heterocycles. The molecular weight excluding hydrogens is 657 g/mol. The lowest BCUT2D eigenvalue weighted by Crippen LogP contribution is -2.52. The van der Waals surface area contributed by atoms with Crippen LogP contribution in [-0.4, -0.2) is 25.0 Å². The Morgan fingerprint density at radius 3 is 2.38 bits per heavy atom. The Balaban J connectivity index is 1.80. The molecule has 2 aromatic carbocycles. The van der Waals surface area contributed by atoms with Gasteiger partial charge in [-0.05, 0) is 87.8 Å². The van der Waals surface area contributed by atoms with Gasteiger partial charge in [0, 0.05) is 6.21 Å². The smallest absolute Gasteiger partial charge is 0.404 e. The molecule has 1 saturated carbocycles. The van der Waals surface area contributed by atoms with Crippen molar-refractivity contribution < 1.29 is 27.1 Å². The van der Waals surface area contributed by atoms with Crippen molar-refractivity contribution in [2.45, 2.75) is 57.7 Å². The zero-order chi connectivity index (χ0) is 29.6. The predicted molar refractivity (Wildman–Crippen MR) is 154 cm³/mol. The van der Waals surface area contributed by atoms with Crippen LogP contribution in [-0.2, 0) is 14.9 Å². The number of nitrogens with zero attached hydrogens (tertiary/aromatic N) is 1. The van der Waals surface area contributed by atoms with Gasteiger partial charge in [-0.25, -0.2) is 4.39 Å². The zero-order valence-electron chi connectivity index (χ0n) is 22.0. The van der Waals surface area contributed by atoms with E-state index in [1.54, 1.807) is 0 Å². The lowest BCUT2D eigenvalue weighted by Gasteiger charge is -2.39. The minimum absolute atomic E-state index is 0.00157. The molecule has 0 amide bonds. The molecule has 4 rings (SSSR count). The van der Waals surface area contributed by atoms with E-state index in [0.717, 1.165) is 43.7 Å². The summed E-state index contributed by atoms with van der Waals surface area (Å²) in [5.41, 5.74) is -3.10. The number of ether oxygens (including phenoxy) is 1. The Morgan fingerprint density at radius 2 is 1.80 bits per heavy atom. The number of alkyl halides is 3. The fourth-order valence-corrected chi connectivity index (χ4v) is 7.23. The molecule has 0 saturated heterocycles. The molecule has 0 bridgehead atoms. The summed E-state index contributed by atoms with van der Waals surface area (Å²) in [5.74, 6) is -2.45. The predicted octanol–water partition coefficient (Wildman–Crippen LogP) is 10.0. The van der Waals surface area contributed by atoms with Gasteiger partial charge in [0.05, 0.1) is 32.2 Å². The van der Waals surface area contributed by atoms with E-state index in [0.29, 0.717) is 11.8 Å². The van der Waals surface area contributed by atoms with Crippen molar-refractivity contribution in [3.8, 4) is 0 Å². The largest absolute Gasteiger partial charge is 0.465 e. The van der Waals surface area contributed by atoms with Crippen LogP contribution in [0.5, 0.6) is 0 Å². The first-order chi connectivity index (χ1) is 18.7. The van der Waals surface area contributed by atoms with Gasteiger partial charge < -0.3 is 4.74 Å². The highest BCUT2D eigenvalue weighted by molar-refractivity contribution is 9.10. The number of esters is 1. The van der Waals surface area contributed by atoms with Crippen LogP contribution >= 0.6 is 50.7 Å². The van der Waals surface area contributed by atoms with E-state index in [4.69, 9.17) is 39.5 Å². The molecule has 11 heteroatoms. The lowest BCUT2D eigenvalue weighted by molar-refractivity contribution is -0.193. The molecule has 1 aliphatic carbocycles. The van der Waals surface area contributed by atoms with Gasteiger partial charge in [-0.1, -0.05) is 68.1 Å². The van der Waals surface area contributed by atoms with Crippen molar-refractivity contribution in [2.24, 2.45) is 34.6 Å². The third-order valence-electron chi connectivity index (χ3n) is 8.31. The minimum atomic E-state index is -5.01. The SMILES string of the molecule is CC1CC[C@@H](C(C)C)[C@H](COC(=O)[C@H]2[C@H](c3ccc(F)c(Br)c3)N=C[C@]2(c2cc(Cl)c(Cl)c(Cl)c2)C(F)(F)F)C1. The van der Waals surface area contributed by atoms with E-state index < -0.39 is 35.3 Å². The van der Waals surface area contributed by atoms with Crippen LogP contribution in [0.1, 0.15) is 57.2 Å². The summed E-state index contributed by atoms with van der Waals surface area (Å²) in [6.07, 6.45) is -1.45. The number of rotatable bonds is 6. The highest BCUT2D eigenvalue weighted by Crippen LogP contribution is 2.56. The van der Waals surface area contributed by atoms with Crippen molar-refractivity contribution in [3.63, 3.8) is 0 Å². The average Bonchev–Trinajstić information content (AvgIpc) is 3.29. The Labute approximate surface area is 254 Å². The molecule has 0 spiro atoms. The molecule has 40 heavy (non-hydrogen) atoms. The summed E-state index contributed by atoms with van der Waals surface area (Å²) in [5, 5.41) is -0.502. The number of hydrogen-bond acceptors (Lipinski definition) is 3. The standard InChI is InChI=1S/C29H29BrCl3F4NO2/c1-14(2)19-6-4-15(3)8-17(19)12-40-27(39)24-26(16-5-7-23(34)20(30)9-16)38-13-28(24,29(35,36)37)18-10-21(31)25(33)22(32)11-18/h5,7,9-11,13-15,17,19,24,26H,4,6,8,12H2,1-3H3/t15?,17-,19-,24+,26-,28+/m0/s1. The zero-order valence-corrected chi connectivity index (χ0v) is 25.9. The topological polar surface area (TPSA) is 38.7 Å². The third kappa shape index (κ3) is 5.93. The Morgan fingerprint density at radius 1 is 1.15 bits per heavy atom. The second kappa shape index (κ2) is 12.1. The molecule has 3 nitrogen and oxygen atoms in total. The fraction of sp³-hybridized carbons (Fsp3) is 0.517. The van der Waals surface area contributed by atoms with Gasteiger partial charge in [-0.2, -0.15) is 13.2 Å². The summed E-state index contributed by atoms with van der Waals surface area (Å²) in [7, 11) is 0. The molecule has 0 aromatic heterocycles. The maximum absolute atomic E-state index is 15.2. The summed E-state index contributed by atoms with van der Waals surface area (Å²) in [4.78, 5) is 18.1. The molecule has 1 unspecified atom stereocenters. The second-order valence-corrected chi connectivity index (χ2v) is 13.3. The van der Waals surface area contributed by atoms with Crippen molar-refractivity contribution in [1.29, 1.82) is 0 Å². The second-order valence-electron chi connectivity index (χ2n) is 11.2. The molecule has 2 aliphatic rings. The van der Waals surface area contributed by atoms with Crippen LogP contribution in [0.15, 0.2) is 39.8 Å². The van der Waals surface area contributed by atoms with Gasteiger partial charge in [0.2, 0.25) is 0 Å². The van der Waals surface area contributed by atoms with Crippen LogP contribution in [0.4, 0.5) is 17.6 Å². The van der Waals surface area contributed by atoms with Gasteiger partial charge in [0.15, 0.2) is 0 Å². The summed E-state index contributed by atoms with van der Waals surface area (Å²) >= 11 is 21.4. The molecule has 218 valence electrons. The number of hydrogen-bond donors (Lipinski definition) is 0. The molecule has 2 aromatic rings. The molecule has 1 fully saturated rings. The van der Waals surface area contributed by atoms with Gasteiger partial charge in [0.25, 0.3) is 0 Å². The molecule has 0 radical (unpaired) electrons. The highest BCUT2D eigenvalue weighted by atomic mass is 79.9. The Hall–Kier alpha value is -1.35. The fourth-order valence-electron chi connectivity index (χ4n) is 6.23. The molecular formula is C29H29BrCl3F4NO2. The first-order valence-electron chi connectivity index (χ1n) is 13.0. The summed E-state index contributed by atoms with van der Waals surface area (Å²) in [6, 6.07) is 4.53. The number of aliphatic imine (C=N–C) groups is 1. The normalized spacial score (nSPS) is 28.8. The van der Waals surface area contributed by atoms with Gasteiger partial charge >= 0.3 is 12.1 Å². The minimum Gasteiger partial charge on any atom is -0.465 e. The third-order valence-corrected chi connectivity index (χ3v) is 10.1. The number of carbonyl (C=O) groups excluding carboxylic acids is 1. The van der Waals surface area contributed by atoms with E-state index in [9.17, 15) is 9.18 Å². The first-order valence-corrected chi connectivity index (χ1v) is 15.0. The number of carbonyl (C=O) groups is 1. The van der Waals surface area contributed by atoms with Crippen molar-refractivity contribution in [2.75, 3.05) is 6.61 Å². The van der Waals surface area contributed by atoms with Crippen molar-refractivity contribution >= 4 is 62.9 Å². The van der Waals surface area contributed by atoms with E-state index in [1.165, 1.54) is 12.1 Å². The van der Waals surface area contributed by atoms with Gasteiger partial charge in [-0.3, -0.25) is 9.79 Å². The maximum atomic E-state index is 15.2. The van der Waals surface area contributed by atoms with E-state index >= 15 is 13.2 Å². The lowest BCUT2D eigenvalue weighted by atomic mass is 9.68. The Bertz CT molecular complexity index is 1280.